The summed E-state index contributed by atoms with van der Waals surface area (Å²) in [6, 6.07) is 2.90. The molecular formula is C11H17NO6S2. The van der Waals surface area contributed by atoms with Crippen LogP contribution in [0, 0.1) is 0 Å². The summed E-state index contributed by atoms with van der Waals surface area (Å²) in [5.74, 6) is -0.990. The van der Waals surface area contributed by atoms with Gasteiger partial charge in [-0.2, -0.15) is 0 Å². The number of sulfonamides is 1. The fraction of sp³-hybridized carbons (Fsp3) is 0.545. The summed E-state index contributed by atoms with van der Waals surface area (Å²) >= 11 is 0.948. The first-order chi connectivity index (χ1) is 9.45. The average Bonchev–Trinajstić information content (AvgIpc) is 2.82. The Kier molecular flexibility index (Phi) is 7.10. The molecule has 1 heterocycles. The van der Waals surface area contributed by atoms with Crippen molar-refractivity contribution >= 4 is 27.3 Å². The molecule has 1 aromatic rings. The van der Waals surface area contributed by atoms with E-state index in [2.05, 4.69) is 4.72 Å². The lowest BCUT2D eigenvalue weighted by atomic mass is 10.3. The summed E-state index contributed by atoms with van der Waals surface area (Å²) < 4.78 is 36.2. The molecular weight excluding hydrogens is 306 g/mol. The first-order valence-corrected chi connectivity index (χ1v) is 8.12. The van der Waals surface area contributed by atoms with Gasteiger partial charge in [0.05, 0.1) is 26.2 Å². The van der Waals surface area contributed by atoms with Crippen LogP contribution in [0.4, 0.5) is 0 Å². The smallest absolute Gasteiger partial charge is 0.308 e. The van der Waals surface area contributed by atoms with Crippen LogP contribution in [0.15, 0.2) is 16.3 Å². The van der Waals surface area contributed by atoms with Crippen LogP contribution >= 0.6 is 11.3 Å². The highest BCUT2D eigenvalue weighted by atomic mass is 32.2. The number of aliphatic carboxylic acids is 1. The number of carboxylic acid groups (broad SMARTS) is 1. The third-order valence-corrected chi connectivity index (χ3v) is 5.24. The fourth-order valence-corrected chi connectivity index (χ4v) is 3.71. The van der Waals surface area contributed by atoms with Crippen LogP contribution in [0.2, 0.25) is 0 Å². The summed E-state index contributed by atoms with van der Waals surface area (Å²) in [4.78, 5) is 11.0. The number of nitrogens with one attached hydrogen (secondary N) is 1. The van der Waals surface area contributed by atoms with Gasteiger partial charge in [-0.15, -0.1) is 11.3 Å². The molecule has 0 aromatic carbocycles. The molecule has 0 radical (unpaired) electrons. The highest BCUT2D eigenvalue weighted by Gasteiger charge is 2.16. The Balaban J connectivity index is 2.43. The van der Waals surface area contributed by atoms with Gasteiger partial charge >= 0.3 is 5.97 Å². The Labute approximate surface area is 121 Å². The molecule has 114 valence electrons. The van der Waals surface area contributed by atoms with Crippen molar-refractivity contribution in [2.45, 2.75) is 10.6 Å². The summed E-state index contributed by atoms with van der Waals surface area (Å²) in [5.41, 5.74) is 0. The highest BCUT2D eigenvalue weighted by Crippen LogP contribution is 2.21. The predicted octanol–water partition coefficient (Wildman–Crippen LogP) is 0.317. The maximum Gasteiger partial charge on any atom is 0.308 e. The van der Waals surface area contributed by atoms with Gasteiger partial charge < -0.3 is 14.6 Å². The zero-order chi connectivity index (χ0) is 15.0. The van der Waals surface area contributed by atoms with Crippen LogP contribution in [0.5, 0.6) is 0 Å². The van der Waals surface area contributed by atoms with Gasteiger partial charge in [-0.3, -0.25) is 4.79 Å². The number of thiophene rings is 1. The van der Waals surface area contributed by atoms with E-state index in [0.717, 1.165) is 11.3 Å². The van der Waals surface area contributed by atoms with Gasteiger partial charge in [-0.05, 0) is 12.1 Å². The summed E-state index contributed by atoms with van der Waals surface area (Å²) in [6.07, 6.45) is -0.180. The number of rotatable bonds is 10. The lowest BCUT2D eigenvalue weighted by Crippen LogP contribution is -2.27. The lowest BCUT2D eigenvalue weighted by molar-refractivity contribution is -0.136. The molecule has 7 nitrogen and oxygen atoms in total. The summed E-state index contributed by atoms with van der Waals surface area (Å²) in [6.45, 7) is 1.25. The first-order valence-electron chi connectivity index (χ1n) is 5.82. The molecule has 0 unspecified atom stereocenters. The van der Waals surface area contributed by atoms with E-state index in [1.807, 2.05) is 0 Å². The average molecular weight is 323 g/mol. The maximum atomic E-state index is 11.9. The van der Waals surface area contributed by atoms with Crippen molar-refractivity contribution in [3.63, 3.8) is 0 Å². The van der Waals surface area contributed by atoms with Gasteiger partial charge in [-0.25, -0.2) is 13.1 Å². The van der Waals surface area contributed by atoms with Crippen molar-refractivity contribution in [2.24, 2.45) is 0 Å². The largest absolute Gasteiger partial charge is 0.481 e. The quantitative estimate of drug-likeness (QED) is 0.601. The topological polar surface area (TPSA) is 102 Å². The number of hydrogen-bond acceptors (Lipinski definition) is 6. The number of ether oxygens (including phenoxy) is 2. The molecule has 0 amide bonds. The van der Waals surface area contributed by atoms with Gasteiger partial charge in [0.2, 0.25) is 10.0 Å². The van der Waals surface area contributed by atoms with Crippen LogP contribution in [0.1, 0.15) is 4.88 Å². The van der Waals surface area contributed by atoms with Crippen molar-refractivity contribution in [1.82, 2.24) is 4.72 Å². The van der Waals surface area contributed by atoms with E-state index in [4.69, 9.17) is 14.6 Å². The van der Waals surface area contributed by atoms with Gasteiger partial charge in [0.15, 0.2) is 0 Å². The second kappa shape index (κ2) is 8.32. The summed E-state index contributed by atoms with van der Waals surface area (Å²) in [5, 5.41) is 8.64. The third-order valence-electron chi connectivity index (χ3n) is 2.20. The Morgan fingerprint density at radius 2 is 2.10 bits per heavy atom. The molecule has 0 spiro atoms. The van der Waals surface area contributed by atoms with E-state index in [-0.39, 0.29) is 23.8 Å². The third kappa shape index (κ3) is 5.97. The maximum absolute atomic E-state index is 11.9. The van der Waals surface area contributed by atoms with E-state index in [1.54, 1.807) is 7.11 Å². The molecule has 0 aliphatic heterocycles. The van der Waals surface area contributed by atoms with Crippen molar-refractivity contribution < 1.29 is 27.8 Å². The summed E-state index contributed by atoms with van der Waals surface area (Å²) in [7, 11) is -2.05. The van der Waals surface area contributed by atoms with Crippen LogP contribution in [0.3, 0.4) is 0 Å². The highest BCUT2D eigenvalue weighted by molar-refractivity contribution is 7.91. The fourth-order valence-electron chi connectivity index (χ4n) is 1.31. The predicted molar refractivity (Wildman–Crippen MR) is 73.5 cm³/mol. The molecule has 0 atom stereocenters. The molecule has 1 rings (SSSR count). The zero-order valence-electron chi connectivity index (χ0n) is 11.0. The molecule has 2 N–H and O–H groups in total. The van der Waals surface area contributed by atoms with E-state index in [9.17, 15) is 13.2 Å². The standard InChI is InChI=1S/C11H17NO6S2/c1-17-6-7-18-5-4-12-20(15,16)11-3-2-9(19-11)8-10(13)14/h2-3,12H,4-8H2,1H3,(H,13,14). The molecule has 0 saturated carbocycles. The van der Waals surface area contributed by atoms with E-state index < -0.39 is 16.0 Å². The molecule has 0 saturated heterocycles. The van der Waals surface area contributed by atoms with E-state index in [1.165, 1.54) is 12.1 Å². The van der Waals surface area contributed by atoms with Crippen LogP contribution in [-0.4, -0.2) is 53.0 Å². The molecule has 1 aromatic heterocycles. The van der Waals surface area contributed by atoms with Gasteiger partial charge in [0, 0.05) is 18.5 Å². The minimum absolute atomic E-state index is 0.102. The van der Waals surface area contributed by atoms with Gasteiger partial charge in [0.25, 0.3) is 0 Å². The number of methoxy groups -OCH3 is 1. The van der Waals surface area contributed by atoms with Crippen LogP contribution < -0.4 is 4.72 Å². The van der Waals surface area contributed by atoms with Gasteiger partial charge in [0.1, 0.15) is 4.21 Å². The Hall–Kier alpha value is -1.00. The van der Waals surface area contributed by atoms with E-state index >= 15 is 0 Å². The molecule has 0 aliphatic carbocycles. The Morgan fingerprint density at radius 1 is 1.35 bits per heavy atom. The number of hydrogen-bond donors (Lipinski definition) is 2. The molecule has 20 heavy (non-hydrogen) atoms. The Bertz CT molecular complexity index is 525. The van der Waals surface area contributed by atoms with Crippen LogP contribution in [-0.2, 0) is 30.7 Å². The molecule has 0 fully saturated rings. The minimum Gasteiger partial charge on any atom is -0.481 e. The monoisotopic (exact) mass is 323 g/mol. The zero-order valence-corrected chi connectivity index (χ0v) is 12.6. The van der Waals surface area contributed by atoms with Gasteiger partial charge in [-0.1, -0.05) is 0 Å². The van der Waals surface area contributed by atoms with Crippen LogP contribution in [0.25, 0.3) is 0 Å². The van der Waals surface area contributed by atoms with Crippen molar-refractivity contribution in [2.75, 3.05) is 33.5 Å². The Morgan fingerprint density at radius 3 is 2.75 bits per heavy atom. The van der Waals surface area contributed by atoms with Crippen molar-refractivity contribution in [3.05, 3.63) is 17.0 Å². The molecule has 0 bridgehead atoms. The second-order valence-electron chi connectivity index (χ2n) is 3.79. The van der Waals surface area contributed by atoms with Crippen molar-refractivity contribution in [1.29, 1.82) is 0 Å². The van der Waals surface area contributed by atoms with E-state index in [0.29, 0.717) is 18.1 Å². The first kappa shape index (κ1) is 17.1. The minimum atomic E-state index is -3.60. The second-order valence-corrected chi connectivity index (χ2v) is 6.96. The normalized spacial score (nSPS) is 11.7. The number of carbonyl (C=O) groups is 1. The SMILES string of the molecule is COCCOCCNS(=O)(=O)c1ccc(CC(=O)O)s1. The number of carboxylic acids is 1. The van der Waals surface area contributed by atoms with Crippen molar-refractivity contribution in [3.8, 4) is 0 Å². The lowest BCUT2D eigenvalue weighted by Gasteiger charge is -2.05. The molecule has 9 heteroatoms. The molecule has 0 aliphatic rings.